The van der Waals surface area contributed by atoms with Gasteiger partial charge in [-0.1, -0.05) is 17.3 Å². The first-order chi connectivity index (χ1) is 15.2. The van der Waals surface area contributed by atoms with E-state index in [-0.39, 0.29) is 6.10 Å². The van der Waals surface area contributed by atoms with E-state index in [0.717, 1.165) is 42.8 Å². The number of piperidine rings is 1. The highest BCUT2D eigenvalue weighted by Crippen LogP contribution is 2.38. The smallest absolute Gasteiger partial charge is 0.261 e. The van der Waals surface area contributed by atoms with Crippen LogP contribution < -0.4 is 24.3 Å². The zero-order valence-electron chi connectivity index (χ0n) is 18.0. The molecule has 31 heavy (non-hydrogen) atoms. The lowest BCUT2D eigenvalue weighted by atomic mass is 10.1. The molecule has 2 heterocycles. The molecular formula is C23H27N3O5. The Bertz CT molecular complexity index is 989. The summed E-state index contributed by atoms with van der Waals surface area (Å²) in [5, 5.41) is 7.51. The van der Waals surface area contributed by atoms with E-state index in [1.807, 2.05) is 36.4 Å². The molecule has 0 aliphatic carbocycles. The molecule has 1 aliphatic rings. The van der Waals surface area contributed by atoms with Crippen LogP contribution in [0.5, 0.6) is 23.0 Å². The van der Waals surface area contributed by atoms with Crippen molar-refractivity contribution < 1.29 is 23.5 Å². The second kappa shape index (κ2) is 9.70. The Kier molecular flexibility index (Phi) is 6.57. The first-order valence-corrected chi connectivity index (χ1v) is 10.3. The van der Waals surface area contributed by atoms with Gasteiger partial charge in [0.1, 0.15) is 11.9 Å². The van der Waals surface area contributed by atoms with Crippen molar-refractivity contribution in [3.63, 3.8) is 0 Å². The molecule has 4 rings (SSSR count). The third kappa shape index (κ3) is 4.74. The lowest BCUT2D eigenvalue weighted by Gasteiger charge is -2.24. The summed E-state index contributed by atoms with van der Waals surface area (Å²) in [4.78, 5) is 4.60. The molecule has 0 unspecified atom stereocenters. The second-order valence-electron chi connectivity index (χ2n) is 7.29. The highest BCUT2D eigenvalue weighted by Gasteiger charge is 2.20. The van der Waals surface area contributed by atoms with E-state index in [1.165, 1.54) is 0 Å². The lowest BCUT2D eigenvalue weighted by molar-refractivity contribution is 0.163. The van der Waals surface area contributed by atoms with Gasteiger partial charge >= 0.3 is 0 Å². The molecule has 0 radical (unpaired) electrons. The maximum Gasteiger partial charge on any atom is 0.261 e. The number of aromatic nitrogens is 2. The van der Waals surface area contributed by atoms with Gasteiger partial charge < -0.3 is 28.8 Å². The van der Waals surface area contributed by atoms with Gasteiger partial charge in [0.15, 0.2) is 17.3 Å². The SMILES string of the molecule is COc1cc(Cc2noc(-c3ccccc3OC3CCNCC3)n2)cc(OC)c1OC. The largest absolute Gasteiger partial charge is 0.493 e. The predicted molar refractivity (Wildman–Crippen MR) is 115 cm³/mol. The van der Waals surface area contributed by atoms with Crippen LogP contribution in [-0.2, 0) is 6.42 Å². The normalized spacial score (nSPS) is 14.3. The van der Waals surface area contributed by atoms with Crippen LogP contribution in [0, 0.1) is 0 Å². The average molecular weight is 425 g/mol. The summed E-state index contributed by atoms with van der Waals surface area (Å²) < 4.78 is 28.1. The van der Waals surface area contributed by atoms with Gasteiger partial charge in [-0.3, -0.25) is 0 Å². The Morgan fingerprint density at radius 3 is 2.35 bits per heavy atom. The monoisotopic (exact) mass is 425 g/mol. The molecule has 164 valence electrons. The van der Waals surface area contributed by atoms with Crippen molar-refractivity contribution in [1.82, 2.24) is 15.5 Å². The Labute approximate surface area is 181 Å². The summed E-state index contributed by atoms with van der Waals surface area (Å²) in [6, 6.07) is 11.5. The maximum absolute atomic E-state index is 6.24. The number of hydrogen-bond donors (Lipinski definition) is 1. The molecule has 0 amide bonds. The van der Waals surface area contributed by atoms with Crippen molar-refractivity contribution in [2.45, 2.75) is 25.4 Å². The minimum absolute atomic E-state index is 0.184. The summed E-state index contributed by atoms with van der Waals surface area (Å²) in [7, 11) is 4.76. The minimum Gasteiger partial charge on any atom is -0.493 e. The van der Waals surface area contributed by atoms with Gasteiger partial charge in [0.25, 0.3) is 5.89 Å². The molecule has 1 fully saturated rings. The number of nitrogens with one attached hydrogen (secondary N) is 1. The third-order valence-corrected chi connectivity index (χ3v) is 5.25. The van der Waals surface area contributed by atoms with Gasteiger partial charge in [0, 0.05) is 6.42 Å². The summed E-state index contributed by atoms with van der Waals surface area (Å²) >= 11 is 0. The van der Waals surface area contributed by atoms with E-state index >= 15 is 0 Å². The predicted octanol–water partition coefficient (Wildman–Crippen LogP) is 3.48. The number of ether oxygens (including phenoxy) is 4. The summed E-state index contributed by atoms with van der Waals surface area (Å²) in [6.45, 7) is 1.93. The zero-order valence-corrected chi connectivity index (χ0v) is 18.0. The zero-order chi connectivity index (χ0) is 21.6. The van der Waals surface area contributed by atoms with E-state index in [9.17, 15) is 0 Å². The molecule has 1 aromatic heterocycles. The maximum atomic E-state index is 6.24. The van der Waals surface area contributed by atoms with Gasteiger partial charge in [-0.05, 0) is 55.8 Å². The standard InChI is InChI=1S/C23H27N3O5/c1-27-19-12-15(13-20(28-2)22(19)29-3)14-21-25-23(31-26-21)17-6-4-5-7-18(17)30-16-8-10-24-11-9-16/h4-7,12-13,16,24H,8-11,14H2,1-3H3. The van der Waals surface area contributed by atoms with E-state index in [2.05, 4.69) is 15.5 Å². The molecule has 0 bridgehead atoms. The second-order valence-corrected chi connectivity index (χ2v) is 7.29. The number of para-hydroxylation sites is 1. The van der Waals surface area contributed by atoms with Gasteiger partial charge in [-0.15, -0.1) is 0 Å². The Balaban J connectivity index is 1.56. The number of nitrogens with zero attached hydrogens (tertiary/aromatic N) is 2. The molecule has 8 nitrogen and oxygen atoms in total. The molecule has 1 N–H and O–H groups in total. The van der Waals surface area contributed by atoms with Crippen molar-refractivity contribution in [3.8, 4) is 34.5 Å². The van der Waals surface area contributed by atoms with Gasteiger partial charge in [0.05, 0.1) is 26.9 Å². The number of benzene rings is 2. The minimum atomic E-state index is 0.184. The highest BCUT2D eigenvalue weighted by atomic mass is 16.5. The summed E-state index contributed by atoms with van der Waals surface area (Å²) in [5.41, 5.74) is 1.71. The third-order valence-electron chi connectivity index (χ3n) is 5.25. The Morgan fingerprint density at radius 1 is 0.968 bits per heavy atom. The molecule has 1 aliphatic heterocycles. The van der Waals surface area contributed by atoms with E-state index in [0.29, 0.717) is 35.4 Å². The van der Waals surface area contributed by atoms with Crippen LogP contribution in [0.3, 0.4) is 0 Å². The molecule has 8 heteroatoms. The van der Waals surface area contributed by atoms with E-state index < -0.39 is 0 Å². The fraction of sp³-hybridized carbons (Fsp3) is 0.391. The van der Waals surface area contributed by atoms with Crippen molar-refractivity contribution >= 4 is 0 Å². The molecule has 0 atom stereocenters. The van der Waals surface area contributed by atoms with Crippen molar-refractivity contribution in [2.75, 3.05) is 34.4 Å². The fourth-order valence-corrected chi connectivity index (χ4v) is 3.69. The first-order valence-electron chi connectivity index (χ1n) is 10.3. The van der Waals surface area contributed by atoms with Crippen LogP contribution in [0.1, 0.15) is 24.2 Å². The van der Waals surface area contributed by atoms with Gasteiger partial charge in [0.2, 0.25) is 5.75 Å². The quantitative estimate of drug-likeness (QED) is 0.587. The van der Waals surface area contributed by atoms with Crippen LogP contribution in [0.2, 0.25) is 0 Å². The Morgan fingerprint density at radius 2 is 1.68 bits per heavy atom. The van der Waals surface area contributed by atoms with Crippen molar-refractivity contribution in [2.24, 2.45) is 0 Å². The molecular weight excluding hydrogens is 398 g/mol. The molecule has 2 aromatic carbocycles. The van der Waals surface area contributed by atoms with Crippen molar-refractivity contribution in [3.05, 3.63) is 47.8 Å². The number of rotatable bonds is 8. The summed E-state index contributed by atoms with van der Waals surface area (Å²) in [5.74, 6) is 3.47. The first kappa shape index (κ1) is 21.0. The highest BCUT2D eigenvalue weighted by molar-refractivity contribution is 5.62. The fourth-order valence-electron chi connectivity index (χ4n) is 3.69. The van der Waals surface area contributed by atoms with Crippen LogP contribution in [0.15, 0.2) is 40.9 Å². The molecule has 3 aromatic rings. The number of hydrogen-bond acceptors (Lipinski definition) is 8. The Hall–Kier alpha value is -3.26. The van der Waals surface area contributed by atoms with E-state index in [1.54, 1.807) is 21.3 Å². The lowest BCUT2D eigenvalue weighted by Crippen LogP contribution is -2.34. The van der Waals surface area contributed by atoms with Crippen LogP contribution >= 0.6 is 0 Å². The van der Waals surface area contributed by atoms with Crippen LogP contribution in [0.25, 0.3) is 11.5 Å². The van der Waals surface area contributed by atoms with Gasteiger partial charge in [-0.25, -0.2) is 0 Å². The molecule has 1 saturated heterocycles. The summed E-state index contributed by atoms with van der Waals surface area (Å²) in [6.07, 6.45) is 2.59. The van der Waals surface area contributed by atoms with E-state index in [4.69, 9.17) is 23.5 Å². The van der Waals surface area contributed by atoms with Crippen LogP contribution in [-0.4, -0.2) is 50.7 Å². The molecule has 0 spiro atoms. The van der Waals surface area contributed by atoms with Gasteiger partial charge in [-0.2, -0.15) is 4.98 Å². The average Bonchev–Trinajstić information content (AvgIpc) is 3.27. The molecule has 0 saturated carbocycles. The van der Waals surface area contributed by atoms with Crippen LogP contribution in [0.4, 0.5) is 0 Å². The van der Waals surface area contributed by atoms with Crippen molar-refractivity contribution in [1.29, 1.82) is 0 Å². The number of methoxy groups -OCH3 is 3. The topological polar surface area (TPSA) is 87.9 Å².